The van der Waals surface area contributed by atoms with Gasteiger partial charge in [0.25, 0.3) is 0 Å². The summed E-state index contributed by atoms with van der Waals surface area (Å²) in [5.74, 6) is 3.31. The lowest BCUT2D eigenvalue weighted by molar-refractivity contribution is 0.107. The number of thiol groups is 1. The molecule has 0 heterocycles. The van der Waals surface area contributed by atoms with E-state index in [1.807, 2.05) is 0 Å². The second-order valence-electron chi connectivity index (χ2n) is 6.54. The fraction of sp³-hybridized carbons (Fsp3) is 0.867. The Balaban J connectivity index is 2.27. The zero-order valence-electron chi connectivity index (χ0n) is 11.2. The summed E-state index contributed by atoms with van der Waals surface area (Å²) in [5, 5.41) is 0. The quantitative estimate of drug-likeness (QED) is 0.496. The Morgan fingerprint density at radius 3 is 2.69 bits per heavy atom. The summed E-state index contributed by atoms with van der Waals surface area (Å²) in [6, 6.07) is 0. The lowest BCUT2D eigenvalue weighted by atomic mass is 9.60. The fourth-order valence-electron chi connectivity index (χ4n) is 3.87. The number of hydrogen-bond acceptors (Lipinski definition) is 1. The van der Waals surface area contributed by atoms with Gasteiger partial charge in [0, 0.05) is 4.75 Å². The first-order chi connectivity index (χ1) is 7.42. The second-order valence-corrected chi connectivity index (χ2v) is 7.56. The Bertz CT molecular complexity index is 288. The standard InChI is InChI=1S/C15H26S/c1-10(2)12-7-8-15(4,16)14-6-5-11(3)9-13(12)14/h9-10,12-14,16H,5-8H2,1-4H3/t12-,13-,14+,15-/m1/s1. The smallest absolute Gasteiger partial charge is 0.0135 e. The third-order valence-electron chi connectivity index (χ3n) is 4.92. The molecule has 0 bridgehead atoms. The highest BCUT2D eigenvalue weighted by atomic mass is 32.1. The summed E-state index contributed by atoms with van der Waals surface area (Å²) >= 11 is 4.95. The predicted octanol–water partition coefficient (Wildman–Crippen LogP) is 4.71. The van der Waals surface area contributed by atoms with Crippen LogP contribution in [0.2, 0.25) is 0 Å². The van der Waals surface area contributed by atoms with E-state index < -0.39 is 0 Å². The van der Waals surface area contributed by atoms with Gasteiger partial charge < -0.3 is 0 Å². The molecule has 0 saturated heterocycles. The van der Waals surface area contributed by atoms with Crippen LogP contribution in [-0.4, -0.2) is 4.75 Å². The van der Waals surface area contributed by atoms with Crippen LogP contribution in [-0.2, 0) is 0 Å². The molecule has 0 aromatic heterocycles. The van der Waals surface area contributed by atoms with Crippen molar-refractivity contribution in [2.45, 2.75) is 58.1 Å². The molecule has 0 spiro atoms. The van der Waals surface area contributed by atoms with Crippen molar-refractivity contribution in [1.29, 1.82) is 0 Å². The summed E-state index contributed by atoms with van der Waals surface area (Å²) < 4.78 is 0.271. The summed E-state index contributed by atoms with van der Waals surface area (Å²) in [7, 11) is 0. The molecule has 0 aromatic rings. The lowest BCUT2D eigenvalue weighted by Gasteiger charge is -2.50. The van der Waals surface area contributed by atoms with Crippen LogP contribution in [0.15, 0.2) is 11.6 Å². The van der Waals surface area contributed by atoms with Gasteiger partial charge in [0.2, 0.25) is 0 Å². The van der Waals surface area contributed by atoms with Crippen LogP contribution in [0.3, 0.4) is 0 Å². The molecule has 0 radical (unpaired) electrons. The molecule has 2 aliphatic rings. The topological polar surface area (TPSA) is 0 Å². The van der Waals surface area contributed by atoms with E-state index in [1.54, 1.807) is 5.57 Å². The zero-order valence-corrected chi connectivity index (χ0v) is 12.1. The van der Waals surface area contributed by atoms with E-state index in [1.165, 1.54) is 25.7 Å². The molecule has 0 amide bonds. The maximum absolute atomic E-state index is 4.95. The van der Waals surface area contributed by atoms with Crippen molar-refractivity contribution in [2.75, 3.05) is 0 Å². The first kappa shape index (κ1) is 12.5. The van der Waals surface area contributed by atoms with Crippen molar-refractivity contribution in [2.24, 2.45) is 23.7 Å². The van der Waals surface area contributed by atoms with Gasteiger partial charge in [-0.05, 0) is 56.3 Å². The number of hydrogen-bond donors (Lipinski definition) is 1. The SMILES string of the molecule is CC1=C[C@@H]2[C@@H](C(C)C)CC[C@@](C)(S)[C@H]2CC1. The molecule has 2 aliphatic carbocycles. The van der Waals surface area contributed by atoms with Crippen LogP contribution in [0, 0.1) is 23.7 Å². The van der Waals surface area contributed by atoms with Gasteiger partial charge in [0.15, 0.2) is 0 Å². The molecule has 0 aromatic carbocycles. The molecule has 1 heteroatoms. The van der Waals surface area contributed by atoms with Crippen LogP contribution in [0.25, 0.3) is 0 Å². The van der Waals surface area contributed by atoms with Crippen LogP contribution in [0.4, 0.5) is 0 Å². The minimum absolute atomic E-state index is 0.271. The van der Waals surface area contributed by atoms with Crippen molar-refractivity contribution < 1.29 is 0 Å². The largest absolute Gasteiger partial charge is 0.172 e. The predicted molar refractivity (Wildman–Crippen MR) is 74.9 cm³/mol. The molecular formula is C15H26S. The highest BCUT2D eigenvalue weighted by Crippen LogP contribution is 2.52. The Morgan fingerprint density at radius 1 is 1.38 bits per heavy atom. The van der Waals surface area contributed by atoms with E-state index in [0.29, 0.717) is 0 Å². The zero-order chi connectivity index (χ0) is 11.9. The average Bonchev–Trinajstić information content (AvgIpc) is 2.16. The van der Waals surface area contributed by atoms with E-state index in [2.05, 4.69) is 33.8 Å². The van der Waals surface area contributed by atoms with Crippen LogP contribution in [0.5, 0.6) is 0 Å². The van der Waals surface area contributed by atoms with Gasteiger partial charge in [-0.3, -0.25) is 0 Å². The molecule has 0 aliphatic heterocycles. The van der Waals surface area contributed by atoms with Gasteiger partial charge in [-0.25, -0.2) is 0 Å². The Kier molecular flexibility index (Phi) is 3.45. The van der Waals surface area contributed by atoms with E-state index in [4.69, 9.17) is 12.6 Å². The molecule has 1 fully saturated rings. The lowest BCUT2D eigenvalue weighted by Crippen LogP contribution is -2.45. The Hall–Kier alpha value is 0.0900. The molecule has 92 valence electrons. The first-order valence-electron chi connectivity index (χ1n) is 6.81. The summed E-state index contributed by atoms with van der Waals surface area (Å²) in [6.07, 6.45) is 7.89. The van der Waals surface area contributed by atoms with Gasteiger partial charge in [-0.1, -0.05) is 32.4 Å². The summed E-state index contributed by atoms with van der Waals surface area (Å²) in [4.78, 5) is 0. The third-order valence-corrected chi connectivity index (χ3v) is 5.48. The first-order valence-corrected chi connectivity index (χ1v) is 7.26. The highest BCUT2D eigenvalue weighted by Gasteiger charge is 2.45. The summed E-state index contributed by atoms with van der Waals surface area (Å²) in [5.41, 5.74) is 1.61. The third kappa shape index (κ3) is 2.20. The maximum Gasteiger partial charge on any atom is 0.0135 e. The summed E-state index contributed by atoms with van der Waals surface area (Å²) in [6.45, 7) is 9.44. The van der Waals surface area contributed by atoms with Crippen molar-refractivity contribution >= 4 is 12.6 Å². The van der Waals surface area contributed by atoms with E-state index in [-0.39, 0.29) is 4.75 Å². The molecular weight excluding hydrogens is 212 g/mol. The van der Waals surface area contributed by atoms with Crippen molar-refractivity contribution in [3.05, 3.63) is 11.6 Å². The van der Waals surface area contributed by atoms with Gasteiger partial charge in [0.1, 0.15) is 0 Å². The molecule has 0 unspecified atom stereocenters. The van der Waals surface area contributed by atoms with Crippen LogP contribution >= 0.6 is 12.6 Å². The van der Waals surface area contributed by atoms with Gasteiger partial charge in [-0.15, -0.1) is 0 Å². The molecule has 0 nitrogen and oxygen atoms in total. The normalized spacial score (nSPS) is 44.1. The minimum atomic E-state index is 0.271. The van der Waals surface area contributed by atoms with E-state index in [9.17, 15) is 0 Å². The molecule has 0 N–H and O–H groups in total. The molecule has 1 saturated carbocycles. The van der Waals surface area contributed by atoms with E-state index >= 15 is 0 Å². The minimum Gasteiger partial charge on any atom is -0.172 e. The monoisotopic (exact) mass is 238 g/mol. The van der Waals surface area contributed by atoms with Crippen molar-refractivity contribution in [1.82, 2.24) is 0 Å². The van der Waals surface area contributed by atoms with Gasteiger partial charge >= 0.3 is 0 Å². The Morgan fingerprint density at radius 2 is 2.06 bits per heavy atom. The van der Waals surface area contributed by atoms with Crippen LogP contribution in [0.1, 0.15) is 53.4 Å². The van der Waals surface area contributed by atoms with Crippen LogP contribution < -0.4 is 0 Å². The van der Waals surface area contributed by atoms with Gasteiger partial charge in [0.05, 0.1) is 0 Å². The molecule has 2 rings (SSSR count). The number of fused-ring (bicyclic) bond motifs is 1. The Labute approximate surface area is 106 Å². The average molecular weight is 238 g/mol. The number of rotatable bonds is 1. The number of allylic oxidation sites excluding steroid dienone is 2. The highest BCUT2D eigenvalue weighted by molar-refractivity contribution is 7.81. The van der Waals surface area contributed by atoms with Crippen molar-refractivity contribution in [3.63, 3.8) is 0 Å². The second kappa shape index (κ2) is 4.40. The van der Waals surface area contributed by atoms with Crippen molar-refractivity contribution in [3.8, 4) is 0 Å². The van der Waals surface area contributed by atoms with Gasteiger partial charge in [-0.2, -0.15) is 12.6 Å². The fourth-order valence-corrected chi connectivity index (χ4v) is 4.30. The molecule has 16 heavy (non-hydrogen) atoms. The molecule has 4 atom stereocenters. The maximum atomic E-state index is 4.95. The van der Waals surface area contributed by atoms with E-state index in [0.717, 1.165) is 23.7 Å².